The van der Waals surface area contributed by atoms with Crippen molar-refractivity contribution in [2.24, 2.45) is 23.7 Å². The Morgan fingerprint density at radius 2 is 2.20 bits per heavy atom. The predicted molar refractivity (Wildman–Crippen MR) is 58.7 cm³/mol. The fourth-order valence-corrected chi connectivity index (χ4v) is 2.75. The molecule has 0 spiro atoms. The van der Waals surface area contributed by atoms with Crippen molar-refractivity contribution >= 4 is 5.97 Å². The first kappa shape index (κ1) is 12.5. The molecule has 0 aromatic carbocycles. The largest absolute Gasteiger partial charge is 0.481 e. The summed E-state index contributed by atoms with van der Waals surface area (Å²) in [6.07, 6.45) is 2.91. The summed E-state index contributed by atoms with van der Waals surface area (Å²) in [6, 6.07) is 0. The van der Waals surface area contributed by atoms with Crippen LogP contribution in [0.1, 0.15) is 33.1 Å². The Labute approximate surface area is 91.8 Å². The molecule has 0 bridgehead atoms. The topological polar surface area (TPSA) is 46.5 Å². The maximum absolute atomic E-state index is 11.1. The van der Waals surface area contributed by atoms with Crippen molar-refractivity contribution < 1.29 is 14.6 Å². The number of hydrogen-bond donors (Lipinski definition) is 1. The van der Waals surface area contributed by atoms with Gasteiger partial charge in [-0.05, 0) is 37.0 Å². The van der Waals surface area contributed by atoms with E-state index in [4.69, 9.17) is 4.74 Å². The third kappa shape index (κ3) is 3.20. The molecule has 1 rings (SSSR count). The summed E-state index contributed by atoms with van der Waals surface area (Å²) >= 11 is 0. The Morgan fingerprint density at radius 1 is 1.53 bits per heavy atom. The van der Waals surface area contributed by atoms with E-state index in [1.54, 1.807) is 7.11 Å². The Balaban J connectivity index is 2.65. The molecule has 1 fully saturated rings. The molecule has 1 saturated carbocycles. The van der Waals surface area contributed by atoms with Crippen LogP contribution in [0, 0.1) is 23.7 Å². The molecule has 0 aliphatic heterocycles. The molecule has 0 saturated heterocycles. The second-order valence-corrected chi connectivity index (χ2v) is 4.96. The summed E-state index contributed by atoms with van der Waals surface area (Å²) < 4.78 is 5.13. The van der Waals surface area contributed by atoms with Gasteiger partial charge in [-0.2, -0.15) is 0 Å². The zero-order valence-corrected chi connectivity index (χ0v) is 9.90. The molecular formula is C12H22O3. The summed E-state index contributed by atoms with van der Waals surface area (Å²) in [5, 5.41) is 9.17. The van der Waals surface area contributed by atoms with Crippen molar-refractivity contribution in [1.82, 2.24) is 0 Å². The minimum absolute atomic E-state index is 0.161. The first-order valence-electron chi connectivity index (χ1n) is 5.78. The lowest BCUT2D eigenvalue weighted by Gasteiger charge is -2.36. The van der Waals surface area contributed by atoms with Crippen LogP contribution in [0.5, 0.6) is 0 Å². The van der Waals surface area contributed by atoms with Gasteiger partial charge in [0.15, 0.2) is 0 Å². The zero-order valence-electron chi connectivity index (χ0n) is 9.90. The first-order chi connectivity index (χ1) is 7.06. The third-order valence-electron chi connectivity index (χ3n) is 3.64. The van der Waals surface area contributed by atoms with Crippen LogP contribution in [0.25, 0.3) is 0 Å². The number of aliphatic carboxylic acids is 1. The molecule has 1 N–H and O–H groups in total. The molecule has 15 heavy (non-hydrogen) atoms. The molecule has 3 nitrogen and oxygen atoms in total. The van der Waals surface area contributed by atoms with Gasteiger partial charge in [-0.25, -0.2) is 0 Å². The number of carboxylic acids is 1. The van der Waals surface area contributed by atoms with Gasteiger partial charge in [0.25, 0.3) is 0 Å². The molecule has 0 radical (unpaired) electrons. The van der Waals surface area contributed by atoms with Crippen LogP contribution in [0.3, 0.4) is 0 Å². The first-order valence-corrected chi connectivity index (χ1v) is 5.78. The maximum Gasteiger partial charge on any atom is 0.306 e. The molecule has 0 amide bonds. The van der Waals surface area contributed by atoms with Crippen LogP contribution >= 0.6 is 0 Å². The SMILES string of the molecule is COCC(C)C1CC(C)CCC1C(=O)O. The number of carboxylic acid groups (broad SMARTS) is 1. The fraction of sp³-hybridized carbons (Fsp3) is 0.917. The highest BCUT2D eigenvalue weighted by molar-refractivity contribution is 5.70. The van der Waals surface area contributed by atoms with Gasteiger partial charge in [-0.3, -0.25) is 4.79 Å². The molecule has 0 aromatic rings. The summed E-state index contributed by atoms with van der Waals surface area (Å²) in [4.78, 5) is 11.1. The quantitative estimate of drug-likeness (QED) is 0.781. The van der Waals surface area contributed by atoms with E-state index in [0.717, 1.165) is 19.3 Å². The van der Waals surface area contributed by atoms with E-state index in [1.165, 1.54) is 0 Å². The Bertz CT molecular complexity index is 215. The fourth-order valence-electron chi connectivity index (χ4n) is 2.75. The molecule has 3 heteroatoms. The summed E-state index contributed by atoms with van der Waals surface area (Å²) in [5.74, 6) is 0.496. The smallest absolute Gasteiger partial charge is 0.306 e. The maximum atomic E-state index is 11.1. The molecule has 88 valence electrons. The van der Waals surface area contributed by atoms with E-state index in [-0.39, 0.29) is 11.8 Å². The molecule has 4 atom stereocenters. The van der Waals surface area contributed by atoms with E-state index >= 15 is 0 Å². The molecule has 4 unspecified atom stereocenters. The van der Waals surface area contributed by atoms with E-state index in [1.807, 2.05) is 0 Å². The number of carbonyl (C=O) groups is 1. The van der Waals surface area contributed by atoms with Gasteiger partial charge in [0.05, 0.1) is 5.92 Å². The predicted octanol–water partition coefficient (Wildman–Crippen LogP) is 2.41. The van der Waals surface area contributed by atoms with Crippen LogP contribution < -0.4 is 0 Å². The minimum atomic E-state index is -0.630. The van der Waals surface area contributed by atoms with Gasteiger partial charge in [0.2, 0.25) is 0 Å². The monoisotopic (exact) mass is 214 g/mol. The van der Waals surface area contributed by atoms with E-state index in [0.29, 0.717) is 18.4 Å². The van der Waals surface area contributed by atoms with Crippen LogP contribution in [0.15, 0.2) is 0 Å². The van der Waals surface area contributed by atoms with Crippen molar-refractivity contribution in [2.45, 2.75) is 33.1 Å². The third-order valence-corrected chi connectivity index (χ3v) is 3.64. The summed E-state index contributed by atoms with van der Waals surface area (Å²) in [7, 11) is 1.68. The van der Waals surface area contributed by atoms with E-state index in [9.17, 15) is 9.90 Å². The van der Waals surface area contributed by atoms with E-state index < -0.39 is 5.97 Å². The molecule has 0 heterocycles. The highest BCUT2D eigenvalue weighted by atomic mass is 16.5. The molecule has 1 aliphatic rings. The highest BCUT2D eigenvalue weighted by Gasteiger charge is 2.36. The minimum Gasteiger partial charge on any atom is -0.481 e. The summed E-state index contributed by atoms with van der Waals surface area (Å²) in [5.41, 5.74) is 0. The lowest BCUT2D eigenvalue weighted by Crippen LogP contribution is -2.35. The Hall–Kier alpha value is -0.570. The van der Waals surface area contributed by atoms with Gasteiger partial charge in [-0.1, -0.05) is 13.8 Å². The number of methoxy groups -OCH3 is 1. The number of rotatable bonds is 4. The average Bonchev–Trinajstić information content (AvgIpc) is 2.17. The number of ether oxygens (including phenoxy) is 1. The van der Waals surface area contributed by atoms with Crippen LogP contribution in [0.2, 0.25) is 0 Å². The molecule has 0 aromatic heterocycles. The summed E-state index contributed by atoms with van der Waals surface area (Å²) in [6.45, 7) is 4.98. The zero-order chi connectivity index (χ0) is 11.4. The molecular weight excluding hydrogens is 192 g/mol. The van der Waals surface area contributed by atoms with Crippen LogP contribution in [-0.2, 0) is 9.53 Å². The lowest BCUT2D eigenvalue weighted by molar-refractivity contribution is -0.146. The van der Waals surface area contributed by atoms with Crippen molar-refractivity contribution in [3.8, 4) is 0 Å². The van der Waals surface area contributed by atoms with Crippen molar-refractivity contribution in [3.63, 3.8) is 0 Å². The van der Waals surface area contributed by atoms with Crippen molar-refractivity contribution in [3.05, 3.63) is 0 Å². The molecule has 1 aliphatic carbocycles. The van der Waals surface area contributed by atoms with Crippen LogP contribution in [0.4, 0.5) is 0 Å². The highest BCUT2D eigenvalue weighted by Crippen LogP contribution is 2.38. The van der Waals surface area contributed by atoms with Gasteiger partial charge < -0.3 is 9.84 Å². The lowest BCUT2D eigenvalue weighted by atomic mass is 9.69. The van der Waals surface area contributed by atoms with Crippen LogP contribution in [-0.4, -0.2) is 24.8 Å². The Morgan fingerprint density at radius 3 is 2.73 bits per heavy atom. The van der Waals surface area contributed by atoms with Gasteiger partial charge in [-0.15, -0.1) is 0 Å². The normalized spacial score (nSPS) is 33.7. The van der Waals surface area contributed by atoms with Gasteiger partial charge in [0.1, 0.15) is 0 Å². The Kier molecular flexibility index (Phi) is 4.58. The number of hydrogen-bond acceptors (Lipinski definition) is 2. The van der Waals surface area contributed by atoms with Gasteiger partial charge in [0, 0.05) is 13.7 Å². The second-order valence-electron chi connectivity index (χ2n) is 4.96. The standard InChI is InChI=1S/C12H22O3/c1-8-4-5-10(12(13)14)11(6-8)9(2)7-15-3/h8-11H,4-7H2,1-3H3,(H,13,14). The van der Waals surface area contributed by atoms with Crippen molar-refractivity contribution in [2.75, 3.05) is 13.7 Å². The average molecular weight is 214 g/mol. The van der Waals surface area contributed by atoms with Gasteiger partial charge >= 0.3 is 5.97 Å². The second kappa shape index (κ2) is 5.50. The van der Waals surface area contributed by atoms with Crippen molar-refractivity contribution in [1.29, 1.82) is 0 Å². The van der Waals surface area contributed by atoms with E-state index in [2.05, 4.69) is 13.8 Å².